The number of nitrogens with zero attached hydrogens (tertiary/aromatic N) is 4. The van der Waals surface area contributed by atoms with Crippen molar-refractivity contribution in [3.63, 3.8) is 0 Å². The number of hydrogen-bond acceptors (Lipinski definition) is 5. The highest BCUT2D eigenvalue weighted by Gasteiger charge is 2.53. The third-order valence-electron chi connectivity index (χ3n) is 10.6. The van der Waals surface area contributed by atoms with Gasteiger partial charge in [0.05, 0.1) is 5.56 Å². The Morgan fingerprint density at radius 1 is 0.978 bits per heavy atom. The summed E-state index contributed by atoms with van der Waals surface area (Å²) < 4.78 is 47.3. The Morgan fingerprint density at radius 3 is 2.31 bits per heavy atom. The van der Waals surface area contributed by atoms with Gasteiger partial charge in [0.1, 0.15) is 11.9 Å². The number of imidazole rings is 1. The van der Waals surface area contributed by atoms with Crippen molar-refractivity contribution in [1.29, 1.82) is 0 Å². The lowest BCUT2D eigenvalue weighted by Crippen LogP contribution is -2.55. The summed E-state index contributed by atoms with van der Waals surface area (Å²) in [6.07, 6.45) is 4.10. The normalized spacial score (nSPS) is 23.0. The molecule has 1 aromatic heterocycles. The number of benzene rings is 2. The van der Waals surface area contributed by atoms with E-state index in [1.807, 2.05) is 6.20 Å². The zero-order chi connectivity index (χ0) is 31.6. The Hall–Kier alpha value is -3.53. The maximum Gasteiger partial charge on any atom is 0.416 e. The minimum absolute atomic E-state index is 0.154. The van der Waals surface area contributed by atoms with Crippen LogP contribution in [0.15, 0.2) is 67.0 Å². The molecule has 3 aromatic rings. The second-order valence-electron chi connectivity index (χ2n) is 13.1. The Morgan fingerprint density at radius 2 is 1.69 bits per heavy atom. The predicted octanol–water partition coefficient (Wildman–Crippen LogP) is 6.52. The third-order valence-corrected chi connectivity index (χ3v) is 10.6. The molecule has 2 aromatic carbocycles. The van der Waals surface area contributed by atoms with E-state index >= 15 is 0 Å². The first-order chi connectivity index (χ1) is 21.7. The van der Waals surface area contributed by atoms with Gasteiger partial charge in [-0.05, 0) is 87.9 Å². The molecule has 0 radical (unpaired) electrons. The Balaban J connectivity index is 1.18. The number of carbonyl (C=O) groups is 1. The smallest absolute Gasteiger partial charge is 0.416 e. The quantitative estimate of drug-likeness (QED) is 0.294. The first-order valence-electron chi connectivity index (χ1n) is 16.2. The highest BCUT2D eigenvalue weighted by Crippen LogP contribution is 2.52. The fourth-order valence-corrected chi connectivity index (χ4v) is 8.30. The van der Waals surface area contributed by atoms with Crippen molar-refractivity contribution in [1.82, 2.24) is 19.8 Å². The van der Waals surface area contributed by atoms with Crippen molar-refractivity contribution < 1.29 is 22.7 Å². The van der Waals surface area contributed by atoms with Gasteiger partial charge in [-0.2, -0.15) is 13.2 Å². The van der Waals surface area contributed by atoms with Crippen molar-refractivity contribution in [2.75, 3.05) is 44.7 Å². The van der Waals surface area contributed by atoms with Gasteiger partial charge in [-0.1, -0.05) is 30.3 Å². The van der Waals surface area contributed by atoms with Crippen LogP contribution in [-0.4, -0.2) is 66.4 Å². The summed E-state index contributed by atoms with van der Waals surface area (Å²) in [6.45, 7) is 7.54. The third kappa shape index (κ3) is 6.57. The highest BCUT2D eigenvalue weighted by molar-refractivity contribution is 5.67. The zero-order valence-corrected chi connectivity index (χ0v) is 26.2. The molecular formula is C35H44F3N5O2. The van der Waals surface area contributed by atoms with Crippen LogP contribution in [-0.2, 0) is 22.9 Å². The lowest BCUT2D eigenvalue weighted by Gasteiger charge is -2.51. The first-order valence-corrected chi connectivity index (χ1v) is 16.2. The van der Waals surface area contributed by atoms with Gasteiger partial charge >= 0.3 is 12.3 Å². The summed E-state index contributed by atoms with van der Waals surface area (Å²) in [7, 11) is 1.62. The predicted molar refractivity (Wildman–Crippen MR) is 168 cm³/mol. The number of alkyl carbamates (subject to hydrolysis) is 1. The van der Waals surface area contributed by atoms with E-state index in [0.29, 0.717) is 11.8 Å². The molecule has 10 heteroatoms. The Labute approximate surface area is 263 Å². The number of alkyl halides is 3. The van der Waals surface area contributed by atoms with E-state index in [0.717, 1.165) is 82.9 Å². The number of ether oxygens (including phenoxy) is 1. The largest absolute Gasteiger partial charge is 0.446 e. The number of rotatable bonds is 9. The van der Waals surface area contributed by atoms with E-state index in [9.17, 15) is 18.0 Å². The van der Waals surface area contributed by atoms with Crippen LogP contribution in [0.4, 0.5) is 23.7 Å². The van der Waals surface area contributed by atoms with Gasteiger partial charge < -0.3 is 24.4 Å². The minimum Gasteiger partial charge on any atom is -0.446 e. The van der Waals surface area contributed by atoms with Crippen molar-refractivity contribution in [2.24, 2.45) is 17.8 Å². The van der Waals surface area contributed by atoms with Crippen LogP contribution >= 0.6 is 0 Å². The van der Waals surface area contributed by atoms with Gasteiger partial charge in [0, 0.05) is 68.6 Å². The zero-order valence-electron chi connectivity index (χ0n) is 26.2. The molecule has 3 atom stereocenters. The van der Waals surface area contributed by atoms with Crippen LogP contribution < -0.4 is 10.2 Å². The summed E-state index contributed by atoms with van der Waals surface area (Å²) >= 11 is 0. The topological polar surface area (TPSA) is 62.6 Å². The summed E-state index contributed by atoms with van der Waals surface area (Å²) in [5.74, 6) is 2.05. The molecule has 1 amide bonds. The van der Waals surface area contributed by atoms with Gasteiger partial charge in [-0.15, -0.1) is 0 Å². The minimum atomic E-state index is -4.31. The monoisotopic (exact) mass is 623 g/mol. The summed E-state index contributed by atoms with van der Waals surface area (Å²) in [4.78, 5) is 21.8. The van der Waals surface area contributed by atoms with Crippen LogP contribution in [0.2, 0.25) is 0 Å². The molecular weight excluding hydrogens is 579 g/mol. The summed E-state index contributed by atoms with van der Waals surface area (Å²) in [5.41, 5.74) is 1.32. The Bertz CT molecular complexity index is 1420. The van der Waals surface area contributed by atoms with Crippen LogP contribution in [0.5, 0.6) is 0 Å². The highest BCUT2D eigenvalue weighted by atomic mass is 19.4. The molecule has 7 nitrogen and oxygen atoms in total. The second kappa shape index (κ2) is 13.1. The standard InChI is InChI=1S/C35H44F3N5O2/c1-25-40-17-20-42(25)24-34(27-7-4-3-5-8-27,31-9-6-10-32(31)45-33(44)39-2)28-15-18-41(19-16-28)21-26-22-43(23-26)30-13-11-29(12-14-30)35(36,37)38/h3-5,7-8,11-14,17,20,26,28,31-32H,6,9-10,15-16,18-19,21-24H2,1-2H3,(H,39,44)/t31-,32-,34?/m1/s1. The number of amides is 1. The van der Waals surface area contributed by atoms with Crippen LogP contribution in [0.3, 0.4) is 0 Å². The average molecular weight is 624 g/mol. The number of aryl methyl sites for hydroxylation is 1. The maximum atomic E-state index is 13.0. The molecule has 1 unspecified atom stereocenters. The maximum absolute atomic E-state index is 13.0. The number of hydrogen-bond donors (Lipinski definition) is 1. The van der Waals surface area contributed by atoms with E-state index in [1.165, 1.54) is 17.7 Å². The van der Waals surface area contributed by atoms with Gasteiger partial charge in [0.15, 0.2) is 0 Å². The summed E-state index contributed by atoms with van der Waals surface area (Å²) in [6, 6.07) is 16.4. The molecule has 1 aliphatic carbocycles. The van der Waals surface area contributed by atoms with Crippen molar-refractivity contribution in [3.05, 3.63) is 83.9 Å². The van der Waals surface area contributed by atoms with Gasteiger partial charge in [-0.3, -0.25) is 0 Å². The molecule has 242 valence electrons. The number of likely N-dealkylation sites (tertiary alicyclic amines) is 1. The van der Waals surface area contributed by atoms with E-state index in [1.54, 1.807) is 19.2 Å². The van der Waals surface area contributed by atoms with E-state index in [-0.39, 0.29) is 23.5 Å². The van der Waals surface area contributed by atoms with Crippen molar-refractivity contribution in [2.45, 2.75) is 63.3 Å². The average Bonchev–Trinajstić information content (AvgIpc) is 3.66. The van der Waals surface area contributed by atoms with Crippen LogP contribution in [0.1, 0.15) is 49.1 Å². The van der Waals surface area contributed by atoms with Gasteiger partial charge in [0.25, 0.3) is 0 Å². The van der Waals surface area contributed by atoms with Gasteiger partial charge in [0.2, 0.25) is 0 Å². The van der Waals surface area contributed by atoms with E-state index in [2.05, 4.69) is 68.1 Å². The molecule has 2 saturated heterocycles. The number of carbonyl (C=O) groups excluding carboxylic acids is 1. The van der Waals surface area contributed by atoms with E-state index in [4.69, 9.17) is 4.74 Å². The molecule has 6 rings (SSSR count). The molecule has 3 heterocycles. The fourth-order valence-electron chi connectivity index (χ4n) is 8.30. The van der Waals surface area contributed by atoms with Crippen LogP contribution in [0, 0.1) is 24.7 Å². The molecule has 0 bridgehead atoms. The number of halogens is 3. The Kier molecular flexibility index (Phi) is 9.13. The number of nitrogens with one attached hydrogen (secondary N) is 1. The van der Waals surface area contributed by atoms with Crippen molar-refractivity contribution >= 4 is 11.8 Å². The lowest BCUT2D eigenvalue weighted by molar-refractivity contribution is -0.137. The first kappa shape index (κ1) is 31.5. The molecule has 0 spiro atoms. The van der Waals surface area contributed by atoms with E-state index < -0.39 is 11.7 Å². The van der Waals surface area contributed by atoms with Crippen molar-refractivity contribution in [3.8, 4) is 0 Å². The van der Waals surface area contributed by atoms with Gasteiger partial charge in [-0.25, -0.2) is 9.78 Å². The fraction of sp³-hybridized carbons (Fsp3) is 0.543. The lowest BCUT2D eigenvalue weighted by atomic mass is 9.58. The molecule has 2 aliphatic heterocycles. The molecule has 3 aliphatic rings. The molecule has 45 heavy (non-hydrogen) atoms. The number of anilines is 1. The molecule has 1 N–H and O–H groups in total. The molecule has 3 fully saturated rings. The molecule has 1 saturated carbocycles. The summed E-state index contributed by atoms with van der Waals surface area (Å²) in [5, 5.41) is 2.66. The second-order valence-corrected chi connectivity index (χ2v) is 13.1. The SMILES string of the molecule is CNC(=O)O[C@@H]1CCC[C@H]1C(Cn1ccnc1C)(c1ccccc1)C1CCN(CC2CN(c3ccc(C(F)(F)F)cc3)C2)CC1. The number of piperidine rings is 1. The van der Waals surface area contributed by atoms with Crippen LogP contribution in [0.25, 0.3) is 0 Å². The number of aromatic nitrogens is 2.